The fraction of sp³-hybridized carbons (Fsp3) is 1.00. The van der Waals surface area contributed by atoms with Gasteiger partial charge in [-0.05, 0) is 40.0 Å². The van der Waals surface area contributed by atoms with E-state index in [1.807, 2.05) is 20.8 Å². The zero-order valence-corrected chi connectivity index (χ0v) is 19.9. The second-order valence-electron chi connectivity index (χ2n) is 7.23. The van der Waals surface area contributed by atoms with Crippen molar-refractivity contribution >= 4 is 8.80 Å². The van der Waals surface area contributed by atoms with Crippen LogP contribution < -0.4 is 0 Å². The summed E-state index contributed by atoms with van der Waals surface area (Å²) in [6.07, 6.45) is 15.5. The molecule has 5 heteroatoms. The maximum atomic E-state index is 5.91. The molecule has 0 aromatic heterocycles. The fourth-order valence-corrected chi connectivity index (χ4v) is 6.03. The smallest absolute Gasteiger partial charge is 0.381 e. The monoisotopic (exact) mass is 404 g/mol. The van der Waals surface area contributed by atoms with Crippen molar-refractivity contribution < 1.29 is 18.0 Å². The normalized spacial score (nSPS) is 12.0. The minimum atomic E-state index is -2.42. The number of unbranched alkanes of at least 4 members (excludes halogenated alkanes) is 10. The van der Waals surface area contributed by atoms with Crippen molar-refractivity contribution in [2.75, 3.05) is 33.0 Å². The van der Waals surface area contributed by atoms with Crippen LogP contribution in [0.15, 0.2) is 0 Å². The van der Waals surface area contributed by atoms with E-state index in [0.29, 0.717) is 19.8 Å². The van der Waals surface area contributed by atoms with Crippen molar-refractivity contribution in [1.29, 1.82) is 0 Å². The topological polar surface area (TPSA) is 36.9 Å². The summed E-state index contributed by atoms with van der Waals surface area (Å²) in [6.45, 7) is 12.2. The SMILES string of the molecule is CCCCCCCCOCCCCCCCC[Si](OCC)(OCC)OCC. The summed E-state index contributed by atoms with van der Waals surface area (Å²) in [4.78, 5) is 0. The molecule has 0 radical (unpaired) electrons. The minimum Gasteiger partial charge on any atom is -0.381 e. The van der Waals surface area contributed by atoms with E-state index in [2.05, 4.69) is 6.92 Å². The molecule has 0 aliphatic carbocycles. The Labute approximate surface area is 171 Å². The van der Waals surface area contributed by atoms with Crippen molar-refractivity contribution in [3.8, 4) is 0 Å². The van der Waals surface area contributed by atoms with E-state index in [4.69, 9.17) is 18.0 Å². The highest BCUT2D eigenvalue weighted by atomic mass is 28.4. The summed E-state index contributed by atoms with van der Waals surface area (Å²) >= 11 is 0. The summed E-state index contributed by atoms with van der Waals surface area (Å²) in [5, 5.41) is 0. The predicted octanol–water partition coefficient (Wildman–Crippen LogP) is 6.75. The first-order valence-corrected chi connectivity index (χ1v) is 13.7. The van der Waals surface area contributed by atoms with Crippen LogP contribution in [0.1, 0.15) is 105 Å². The van der Waals surface area contributed by atoms with E-state index in [1.165, 1.54) is 70.6 Å². The lowest BCUT2D eigenvalue weighted by atomic mass is 10.1. The zero-order chi connectivity index (χ0) is 20.1. The van der Waals surface area contributed by atoms with Crippen LogP contribution in [-0.2, 0) is 18.0 Å². The van der Waals surface area contributed by atoms with Gasteiger partial charge in [0, 0.05) is 39.1 Å². The first-order valence-electron chi connectivity index (χ1n) is 11.7. The maximum absolute atomic E-state index is 5.91. The third kappa shape index (κ3) is 16.7. The lowest BCUT2D eigenvalue weighted by molar-refractivity contribution is 0.0706. The van der Waals surface area contributed by atoms with E-state index in [-0.39, 0.29) is 0 Å². The third-order valence-corrected chi connectivity index (χ3v) is 7.91. The maximum Gasteiger partial charge on any atom is 0.500 e. The molecule has 0 aromatic carbocycles. The average Bonchev–Trinajstić information content (AvgIpc) is 2.65. The molecule has 0 spiro atoms. The van der Waals surface area contributed by atoms with E-state index in [9.17, 15) is 0 Å². The molecule has 0 amide bonds. The van der Waals surface area contributed by atoms with Crippen LogP contribution in [0.5, 0.6) is 0 Å². The van der Waals surface area contributed by atoms with Crippen LogP contribution in [0.25, 0.3) is 0 Å². The summed E-state index contributed by atoms with van der Waals surface area (Å²) < 4.78 is 23.5. The molecule has 0 unspecified atom stereocenters. The van der Waals surface area contributed by atoms with Gasteiger partial charge in [0.2, 0.25) is 0 Å². The molecule has 0 N–H and O–H groups in total. The quantitative estimate of drug-likeness (QED) is 0.148. The van der Waals surface area contributed by atoms with Crippen LogP contribution in [0, 0.1) is 0 Å². The van der Waals surface area contributed by atoms with Crippen LogP contribution in [-0.4, -0.2) is 41.8 Å². The van der Waals surface area contributed by atoms with Gasteiger partial charge in [-0.1, -0.05) is 64.7 Å². The van der Waals surface area contributed by atoms with Crippen molar-refractivity contribution in [1.82, 2.24) is 0 Å². The second kappa shape index (κ2) is 20.8. The van der Waals surface area contributed by atoms with E-state index >= 15 is 0 Å². The number of rotatable bonds is 22. The molecule has 0 aliphatic rings. The molecule has 0 fully saturated rings. The van der Waals surface area contributed by atoms with Crippen LogP contribution in [0.2, 0.25) is 6.04 Å². The van der Waals surface area contributed by atoms with Gasteiger partial charge in [0.15, 0.2) is 0 Å². The second-order valence-corrected chi connectivity index (χ2v) is 9.97. The molecule has 0 saturated heterocycles. The lowest BCUT2D eigenvalue weighted by Gasteiger charge is -2.28. The average molecular weight is 405 g/mol. The van der Waals surface area contributed by atoms with Gasteiger partial charge >= 0.3 is 8.80 Å². The molecule has 4 nitrogen and oxygen atoms in total. The molecule has 27 heavy (non-hydrogen) atoms. The molecular formula is C22H48O4Si. The van der Waals surface area contributed by atoms with Gasteiger partial charge in [0.05, 0.1) is 0 Å². The highest BCUT2D eigenvalue weighted by Gasteiger charge is 2.39. The van der Waals surface area contributed by atoms with Gasteiger partial charge in [0.1, 0.15) is 0 Å². The molecule has 0 heterocycles. The minimum absolute atomic E-state index is 0.672. The van der Waals surface area contributed by atoms with Crippen LogP contribution >= 0.6 is 0 Å². The van der Waals surface area contributed by atoms with E-state index in [1.54, 1.807) is 0 Å². The van der Waals surface area contributed by atoms with Gasteiger partial charge in [0.25, 0.3) is 0 Å². The van der Waals surface area contributed by atoms with Gasteiger partial charge < -0.3 is 18.0 Å². The molecule has 0 aliphatic heterocycles. The first kappa shape index (κ1) is 27.1. The Kier molecular flexibility index (Phi) is 20.8. The third-order valence-electron chi connectivity index (χ3n) is 4.76. The first-order chi connectivity index (χ1) is 13.2. The Balaban J connectivity index is 3.49. The molecular weight excluding hydrogens is 356 g/mol. The van der Waals surface area contributed by atoms with Crippen molar-refractivity contribution in [3.63, 3.8) is 0 Å². The Bertz CT molecular complexity index is 272. The van der Waals surface area contributed by atoms with Gasteiger partial charge in [-0.15, -0.1) is 0 Å². The van der Waals surface area contributed by atoms with Gasteiger partial charge in [-0.3, -0.25) is 0 Å². The Morgan fingerprint density at radius 1 is 0.481 bits per heavy atom. The van der Waals surface area contributed by atoms with Gasteiger partial charge in [-0.25, -0.2) is 0 Å². The summed E-state index contributed by atoms with van der Waals surface area (Å²) in [6, 6.07) is 0.948. The standard InChI is InChI=1S/C22H48O4Si/c1-5-9-10-11-14-17-20-23-21-18-15-12-13-16-19-22-27(24-6-2,25-7-3)26-8-4/h5-22H2,1-4H3. The molecule has 164 valence electrons. The van der Waals surface area contributed by atoms with Crippen LogP contribution in [0.4, 0.5) is 0 Å². The Morgan fingerprint density at radius 2 is 0.889 bits per heavy atom. The van der Waals surface area contributed by atoms with Crippen molar-refractivity contribution in [2.24, 2.45) is 0 Å². The zero-order valence-electron chi connectivity index (χ0n) is 18.9. The number of hydrogen-bond donors (Lipinski definition) is 0. The van der Waals surface area contributed by atoms with Crippen LogP contribution in [0.3, 0.4) is 0 Å². The van der Waals surface area contributed by atoms with Crippen molar-refractivity contribution in [2.45, 2.75) is 111 Å². The van der Waals surface area contributed by atoms with E-state index < -0.39 is 8.80 Å². The lowest BCUT2D eigenvalue weighted by Crippen LogP contribution is -2.45. The highest BCUT2D eigenvalue weighted by molar-refractivity contribution is 6.60. The molecule has 0 saturated carbocycles. The van der Waals surface area contributed by atoms with Gasteiger partial charge in [-0.2, -0.15) is 0 Å². The summed E-state index contributed by atoms with van der Waals surface area (Å²) in [5.41, 5.74) is 0. The number of hydrogen-bond acceptors (Lipinski definition) is 4. The van der Waals surface area contributed by atoms with E-state index in [0.717, 1.165) is 25.7 Å². The van der Waals surface area contributed by atoms with Crippen molar-refractivity contribution in [3.05, 3.63) is 0 Å². The molecule has 0 rings (SSSR count). The Hall–Kier alpha value is 0.0569. The summed E-state index contributed by atoms with van der Waals surface area (Å²) in [7, 11) is -2.42. The predicted molar refractivity (Wildman–Crippen MR) is 117 cm³/mol. The molecule has 0 bridgehead atoms. The summed E-state index contributed by atoms with van der Waals surface area (Å²) in [5.74, 6) is 0. The Morgan fingerprint density at radius 3 is 1.33 bits per heavy atom. The molecule has 0 aromatic rings. The fourth-order valence-electron chi connectivity index (χ4n) is 3.34. The highest BCUT2D eigenvalue weighted by Crippen LogP contribution is 2.20. The largest absolute Gasteiger partial charge is 0.500 e. The molecule has 0 atom stereocenters. The number of ether oxygens (including phenoxy) is 1.